The molecule has 2 amide bonds. The molecule has 0 bridgehead atoms. The van der Waals surface area contributed by atoms with E-state index in [-0.39, 0.29) is 17.3 Å². The smallest absolute Gasteiger partial charge is 0.244 e. The summed E-state index contributed by atoms with van der Waals surface area (Å²) in [7, 11) is -2.46. The van der Waals surface area contributed by atoms with Crippen LogP contribution in [0.5, 0.6) is 0 Å². The molecule has 0 radical (unpaired) electrons. The molecule has 0 saturated heterocycles. The maximum atomic E-state index is 13.5. The zero-order chi connectivity index (χ0) is 23.3. The number of amides is 2. The molecule has 1 atom stereocenters. The topological polar surface area (TPSA) is 86.8 Å². The van der Waals surface area contributed by atoms with E-state index < -0.39 is 40.2 Å². The fraction of sp³-hybridized carbons (Fsp3) is 0.300. The lowest BCUT2D eigenvalue weighted by atomic mass is 10.1. The second kappa shape index (κ2) is 10.4. The molecule has 2 aromatic rings. The third-order valence-electron chi connectivity index (χ3n) is 4.53. The Labute approximate surface area is 194 Å². The molecular formula is C20H22BrClFN3O4S. The van der Waals surface area contributed by atoms with Crippen molar-refractivity contribution in [2.45, 2.75) is 19.5 Å². The molecule has 0 aliphatic heterocycles. The van der Waals surface area contributed by atoms with Crippen LogP contribution in [0, 0.1) is 5.82 Å². The van der Waals surface area contributed by atoms with Crippen molar-refractivity contribution in [2.75, 3.05) is 24.2 Å². The zero-order valence-corrected chi connectivity index (χ0v) is 20.3. The van der Waals surface area contributed by atoms with Crippen molar-refractivity contribution in [1.29, 1.82) is 0 Å². The van der Waals surface area contributed by atoms with Crippen LogP contribution in [-0.2, 0) is 26.2 Å². The fourth-order valence-corrected chi connectivity index (χ4v) is 4.34. The average molecular weight is 535 g/mol. The minimum Gasteiger partial charge on any atom is -0.357 e. The number of nitrogens with zero attached hydrogens (tertiary/aromatic N) is 2. The first-order valence-electron chi connectivity index (χ1n) is 9.12. The van der Waals surface area contributed by atoms with Crippen molar-refractivity contribution in [3.63, 3.8) is 0 Å². The van der Waals surface area contributed by atoms with E-state index in [4.69, 9.17) is 11.6 Å². The van der Waals surface area contributed by atoms with Crippen LogP contribution >= 0.6 is 27.5 Å². The molecule has 7 nitrogen and oxygen atoms in total. The fourth-order valence-electron chi connectivity index (χ4n) is 2.88. The van der Waals surface area contributed by atoms with Gasteiger partial charge in [-0.2, -0.15) is 0 Å². The average Bonchev–Trinajstić information content (AvgIpc) is 2.70. The van der Waals surface area contributed by atoms with Crippen molar-refractivity contribution in [3.8, 4) is 0 Å². The lowest BCUT2D eigenvalue weighted by Gasteiger charge is -2.31. The molecule has 11 heteroatoms. The molecule has 0 unspecified atom stereocenters. The van der Waals surface area contributed by atoms with Crippen LogP contribution in [0.4, 0.5) is 10.1 Å². The number of anilines is 1. The minimum atomic E-state index is -3.91. The van der Waals surface area contributed by atoms with Crippen LogP contribution < -0.4 is 9.62 Å². The molecular weight excluding hydrogens is 513 g/mol. The Morgan fingerprint density at radius 2 is 1.90 bits per heavy atom. The van der Waals surface area contributed by atoms with Gasteiger partial charge in [-0.1, -0.05) is 39.7 Å². The summed E-state index contributed by atoms with van der Waals surface area (Å²) >= 11 is 9.16. The number of nitrogens with one attached hydrogen (secondary N) is 1. The molecule has 0 aliphatic carbocycles. The van der Waals surface area contributed by atoms with Crippen LogP contribution in [0.15, 0.2) is 46.9 Å². The van der Waals surface area contributed by atoms with Gasteiger partial charge in [-0.15, -0.1) is 0 Å². The van der Waals surface area contributed by atoms with Gasteiger partial charge >= 0.3 is 0 Å². The second-order valence-corrected chi connectivity index (χ2v) is 10.0. The number of hydrogen-bond donors (Lipinski definition) is 1. The number of carbonyl (C=O) groups excluding carboxylic acids is 2. The van der Waals surface area contributed by atoms with Gasteiger partial charge < -0.3 is 10.2 Å². The van der Waals surface area contributed by atoms with E-state index in [2.05, 4.69) is 21.2 Å². The van der Waals surface area contributed by atoms with Gasteiger partial charge in [0.2, 0.25) is 21.8 Å². The molecule has 0 spiro atoms. The number of halogens is 3. The largest absolute Gasteiger partial charge is 0.357 e. The van der Waals surface area contributed by atoms with Gasteiger partial charge in [0, 0.05) is 18.1 Å². The third kappa shape index (κ3) is 6.65. The quantitative estimate of drug-likeness (QED) is 0.564. The van der Waals surface area contributed by atoms with E-state index in [1.165, 1.54) is 18.0 Å². The molecule has 0 aromatic heterocycles. The summed E-state index contributed by atoms with van der Waals surface area (Å²) in [6, 6.07) is 9.70. The second-order valence-electron chi connectivity index (χ2n) is 6.81. The van der Waals surface area contributed by atoms with E-state index >= 15 is 0 Å². The highest BCUT2D eigenvalue weighted by atomic mass is 79.9. The lowest BCUT2D eigenvalue weighted by molar-refractivity contribution is -0.139. The SMILES string of the molecule is CNC(=O)[C@H](C)N(Cc1cccc(Br)c1)C(=O)CN(c1ccc(F)c(Cl)c1)S(C)(=O)=O. The van der Waals surface area contributed by atoms with Crippen LogP contribution in [0.2, 0.25) is 5.02 Å². The van der Waals surface area contributed by atoms with Gasteiger partial charge in [-0.05, 0) is 42.8 Å². The summed E-state index contributed by atoms with van der Waals surface area (Å²) in [6.07, 6.45) is 0.929. The molecule has 1 N–H and O–H groups in total. The summed E-state index contributed by atoms with van der Waals surface area (Å²) in [6.45, 7) is 1.04. The summed E-state index contributed by atoms with van der Waals surface area (Å²) < 4.78 is 39.9. The summed E-state index contributed by atoms with van der Waals surface area (Å²) in [5.41, 5.74) is 0.784. The van der Waals surface area contributed by atoms with Crippen molar-refractivity contribution in [1.82, 2.24) is 10.2 Å². The van der Waals surface area contributed by atoms with E-state index in [1.54, 1.807) is 25.1 Å². The summed E-state index contributed by atoms with van der Waals surface area (Å²) in [4.78, 5) is 26.7. The molecule has 0 fully saturated rings. The van der Waals surface area contributed by atoms with E-state index in [1.807, 2.05) is 6.07 Å². The first-order chi connectivity index (χ1) is 14.4. The molecule has 0 aliphatic rings. The molecule has 0 saturated carbocycles. The van der Waals surface area contributed by atoms with Gasteiger partial charge in [-0.25, -0.2) is 12.8 Å². The predicted octanol–water partition coefficient (Wildman–Crippen LogP) is 3.17. The number of rotatable bonds is 8. The molecule has 2 aromatic carbocycles. The predicted molar refractivity (Wildman–Crippen MR) is 122 cm³/mol. The Hall–Kier alpha value is -2.17. The first kappa shape index (κ1) is 25.1. The summed E-state index contributed by atoms with van der Waals surface area (Å²) in [5, 5.41) is 2.22. The molecule has 0 heterocycles. The van der Waals surface area contributed by atoms with E-state index in [0.717, 1.165) is 32.7 Å². The number of sulfonamides is 1. The minimum absolute atomic E-state index is 0.0391. The Morgan fingerprint density at radius 1 is 1.23 bits per heavy atom. The Bertz CT molecular complexity index is 1080. The number of hydrogen-bond acceptors (Lipinski definition) is 4. The number of carbonyl (C=O) groups is 2. The molecule has 31 heavy (non-hydrogen) atoms. The Kier molecular flexibility index (Phi) is 8.44. The maximum absolute atomic E-state index is 13.5. The highest BCUT2D eigenvalue weighted by molar-refractivity contribution is 9.10. The monoisotopic (exact) mass is 533 g/mol. The zero-order valence-electron chi connectivity index (χ0n) is 17.1. The van der Waals surface area contributed by atoms with Crippen molar-refractivity contribution in [2.24, 2.45) is 0 Å². The normalized spacial score (nSPS) is 12.2. The first-order valence-corrected chi connectivity index (χ1v) is 12.1. The van der Waals surface area contributed by atoms with Gasteiger partial charge in [0.25, 0.3) is 0 Å². The molecule has 168 valence electrons. The van der Waals surface area contributed by atoms with Crippen LogP contribution in [-0.4, -0.2) is 51.0 Å². The Morgan fingerprint density at radius 3 is 2.45 bits per heavy atom. The third-order valence-corrected chi connectivity index (χ3v) is 6.45. The molecule has 2 rings (SSSR count). The summed E-state index contributed by atoms with van der Waals surface area (Å²) in [5.74, 6) is -1.73. The Balaban J connectivity index is 2.40. The van der Waals surface area contributed by atoms with Gasteiger partial charge in [0.05, 0.1) is 17.0 Å². The van der Waals surface area contributed by atoms with Crippen LogP contribution in [0.3, 0.4) is 0 Å². The lowest BCUT2D eigenvalue weighted by Crippen LogP contribution is -2.50. The van der Waals surface area contributed by atoms with E-state index in [0.29, 0.717) is 0 Å². The maximum Gasteiger partial charge on any atom is 0.244 e. The van der Waals surface area contributed by atoms with E-state index in [9.17, 15) is 22.4 Å². The number of benzene rings is 2. The van der Waals surface area contributed by atoms with Crippen LogP contribution in [0.1, 0.15) is 12.5 Å². The van der Waals surface area contributed by atoms with Crippen LogP contribution in [0.25, 0.3) is 0 Å². The van der Waals surface area contributed by atoms with Gasteiger partial charge in [0.1, 0.15) is 18.4 Å². The van der Waals surface area contributed by atoms with Crippen molar-refractivity contribution >= 4 is 55.1 Å². The highest BCUT2D eigenvalue weighted by Crippen LogP contribution is 2.25. The van der Waals surface area contributed by atoms with Crippen molar-refractivity contribution < 1.29 is 22.4 Å². The highest BCUT2D eigenvalue weighted by Gasteiger charge is 2.30. The van der Waals surface area contributed by atoms with Crippen molar-refractivity contribution in [3.05, 3.63) is 63.3 Å². The number of likely N-dealkylation sites (N-methyl/N-ethyl adjacent to an activating group) is 1. The van der Waals surface area contributed by atoms with Gasteiger partial charge in [0.15, 0.2) is 0 Å². The van der Waals surface area contributed by atoms with Gasteiger partial charge in [-0.3, -0.25) is 13.9 Å². The standard InChI is InChI=1S/C20H22BrClFN3O4S/c1-13(20(28)24-2)25(11-14-5-4-6-15(21)9-14)19(27)12-26(31(3,29)30)16-7-8-18(23)17(22)10-16/h4-10,13H,11-12H2,1-3H3,(H,24,28)/t13-/m0/s1.